The standard InChI is InChI=1S/C12H23N3O4.C7H14.CH3F/c1-6(2)10(14-9(18)5-13)12(19)15-11(7(3)16)8(4)17;1-7-5-3-2-4-6-7;1-2/h6-7,10-11,16H,5,13H2,1-4H3,(H,14,18)(H,15,19);7H,2-6H2,1H3;1H3. The van der Waals surface area contributed by atoms with Crippen molar-refractivity contribution < 1.29 is 23.9 Å². The van der Waals surface area contributed by atoms with Gasteiger partial charge in [0.1, 0.15) is 12.1 Å². The number of hydrogen-bond donors (Lipinski definition) is 4. The van der Waals surface area contributed by atoms with Crippen LogP contribution in [-0.4, -0.2) is 54.6 Å². The summed E-state index contributed by atoms with van der Waals surface area (Å²) in [7, 11) is 0.500. The highest BCUT2D eigenvalue weighted by atomic mass is 19.1. The molecule has 0 radical (unpaired) electrons. The third kappa shape index (κ3) is 12.8. The Morgan fingerprint density at radius 1 is 1.04 bits per heavy atom. The molecule has 1 aliphatic rings. The number of hydrogen-bond acceptors (Lipinski definition) is 5. The molecular weight excluding hydrogens is 365 g/mol. The maximum atomic E-state index is 12.0. The number of carbonyl (C=O) groups is 3. The molecule has 2 amide bonds. The van der Waals surface area contributed by atoms with Gasteiger partial charge in [-0.2, -0.15) is 0 Å². The van der Waals surface area contributed by atoms with Gasteiger partial charge in [0.2, 0.25) is 11.8 Å². The lowest BCUT2D eigenvalue weighted by molar-refractivity contribution is -0.133. The van der Waals surface area contributed by atoms with E-state index in [0.29, 0.717) is 7.18 Å². The summed E-state index contributed by atoms with van der Waals surface area (Å²) in [5.41, 5.74) is 5.18. The van der Waals surface area contributed by atoms with Gasteiger partial charge in [0.25, 0.3) is 0 Å². The number of ketones is 1. The van der Waals surface area contributed by atoms with E-state index in [1.54, 1.807) is 13.8 Å². The number of carbonyl (C=O) groups excluding carboxylic acids is 3. The van der Waals surface area contributed by atoms with E-state index >= 15 is 0 Å². The molecule has 166 valence electrons. The Balaban J connectivity index is 0. The van der Waals surface area contributed by atoms with Crippen LogP contribution in [0.15, 0.2) is 0 Å². The molecule has 0 aliphatic heterocycles. The summed E-state index contributed by atoms with van der Waals surface area (Å²) >= 11 is 0. The molecule has 5 N–H and O–H groups in total. The highest BCUT2D eigenvalue weighted by Gasteiger charge is 2.29. The monoisotopic (exact) mass is 405 g/mol. The second-order valence-electron chi connectivity index (χ2n) is 7.57. The molecule has 0 saturated heterocycles. The number of halogens is 1. The Kier molecular flexibility index (Phi) is 16.8. The van der Waals surface area contributed by atoms with Gasteiger partial charge in [-0.1, -0.05) is 52.9 Å². The number of Topliss-reactive ketones (excluding diaryl/α,β-unsaturated/α-hetero) is 1. The first-order valence-electron chi connectivity index (χ1n) is 9.96. The summed E-state index contributed by atoms with van der Waals surface area (Å²) < 4.78 is 9.50. The average Bonchev–Trinajstić information content (AvgIpc) is 2.65. The van der Waals surface area contributed by atoms with Crippen molar-refractivity contribution in [2.24, 2.45) is 17.6 Å². The number of alkyl halides is 1. The Bertz CT molecular complexity index is 453. The van der Waals surface area contributed by atoms with E-state index in [1.807, 2.05) is 0 Å². The maximum absolute atomic E-state index is 12.0. The van der Waals surface area contributed by atoms with E-state index in [-0.39, 0.29) is 18.2 Å². The van der Waals surface area contributed by atoms with E-state index in [1.165, 1.54) is 46.0 Å². The predicted molar refractivity (Wildman–Crippen MR) is 109 cm³/mol. The number of nitrogens with two attached hydrogens (primary N) is 1. The SMILES string of the molecule is CC(=O)C(NC(=O)C(NC(=O)CN)C(C)C)C(C)O.CC1CCCCC1.CF. The smallest absolute Gasteiger partial charge is 0.243 e. The molecule has 3 atom stereocenters. The number of amides is 2. The average molecular weight is 406 g/mol. The molecule has 3 unspecified atom stereocenters. The molecule has 0 aromatic heterocycles. The van der Waals surface area contributed by atoms with Crippen molar-refractivity contribution >= 4 is 17.6 Å². The van der Waals surface area contributed by atoms with Crippen molar-refractivity contribution in [2.45, 2.75) is 84.9 Å². The highest BCUT2D eigenvalue weighted by Crippen LogP contribution is 2.22. The highest BCUT2D eigenvalue weighted by molar-refractivity contribution is 5.92. The van der Waals surface area contributed by atoms with Gasteiger partial charge in [-0.25, -0.2) is 0 Å². The van der Waals surface area contributed by atoms with Gasteiger partial charge in [-0.3, -0.25) is 18.8 Å². The van der Waals surface area contributed by atoms with Gasteiger partial charge in [0, 0.05) is 0 Å². The summed E-state index contributed by atoms with van der Waals surface area (Å²) in [5, 5.41) is 14.3. The first-order valence-corrected chi connectivity index (χ1v) is 9.96. The number of nitrogens with one attached hydrogen (secondary N) is 2. The van der Waals surface area contributed by atoms with Crippen LogP contribution >= 0.6 is 0 Å². The zero-order valence-electron chi connectivity index (χ0n) is 18.3. The van der Waals surface area contributed by atoms with Crippen molar-refractivity contribution in [2.75, 3.05) is 13.7 Å². The van der Waals surface area contributed by atoms with E-state index in [0.717, 1.165) is 5.92 Å². The van der Waals surface area contributed by atoms with Crippen molar-refractivity contribution in [3.05, 3.63) is 0 Å². The zero-order chi connectivity index (χ0) is 22.3. The second-order valence-corrected chi connectivity index (χ2v) is 7.57. The first kappa shape index (κ1) is 28.7. The summed E-state index contributed by atoms with van der Waals surface area (Å²) in [6, 6.07) is -1.78. The largest absolute Gasteiger partial charge is 0.391 e. The Morgan fingerprint density at radius 2 is 1.54 bits per heavy atom. The fraction of sp³-hybridized carbons (Fsp3) is 0.850. The first-order chi connectivity index (χ1) is 13.1. The van der Waals surface area contributed by atoms with Crippen LogP contribution in [0.4, 0.5) is 4.39 Å². The lowest BCUT2D eigenvalue weighted by Crippen LogP contribution is -2.56. The molecule has 0 spiro atoms. The Morgan fingerprint density at radius 3 is 1.82 bits per heavy atom. The van der Waals surface area contributed by atoms with E-state index < -0.39 is 30.0 Å². The minimum Gasteiger partial charge on any atom is -0.391 e. The molecule has 1 saturated carbocycles. The molecule has 28 heavy (non-hydrogen) atoms. The van der Waals surface area contributed by atoms with Crippen LogP contribution in [0.2, 0.25) is 0 Å². The second kappa shape index (κ2) is 16.4. The molecule has 0 aromatic carbocycles. The van der Waals surface area contributed by atoms with Gasteiger partial charge in [-0.15, -0.1) is 0 Å². The topological polar surface area (TPSA) is 122 Å². The van der Waals surface area contributed by atoms with Crippen LogP contribution in [-0.2, 0) is 14.4 Å². The molecular formula is C20H40FN3O4. The van der Waals surface area contributed by atoms with E-state index in [2.05, 4.69) is 17.6 Å². The van der Waals surface area contributed by atoms with Gasteiger partial charge < -0.3 is 21.5 Å². The minimum atomic E-state index is -1.00. The maximum Gasteiger partial charge on any atom is 0.243 e. The quantitative estimate of drug-likeness (QED) is 0.514. The van der Waals surface area contributed by atoms with Crippen molar-refractivity contribution in [1.29, 1.82) is 0 Å². The predicted octanol–water partition coefficient (Wildman–Crippen LogP) is 1.71. The van der Waals surface area contributed by atoms with Gasteiger partial charge in [0.05, 0.1) is 19.8 Å². The van der Waals surface area contributed by atoms with Crippen molar-refractivity contribution in [1.82, 2.24) is 10.6 Å². The summed E-state index contributed by atoms with van der Waals surface area (Å²) in [5.74, 6) is -0.454. The minimum absolute atomic E-state index is 0.169. The molecule has 0 heterocycles. The summed E-state index contributed by atoms with van der Waals surface area (Å²) in [4.78, 5) is 34.6. The molecule has 1 rings (SSSR count). The summed E-state index contributed by atoms with van der Waals surface area (Å²) in [6.07, 6.45) is 6.44. The van der Waals surface area contributed by atoms with Crippen molar-refractivity contribution in [3.8, 4) is 0 Å². The van der Waals surface area contributed by atoms with Crippen LogP contribution in [0.25, 0.3) is 0 Å². The third-order valence-electron chi connectivity index (χ3n) is 4.56. The summed E-state index contributed by atoms with van der Waals surface area (Å²) in [6.45, 7) is 8.34. The number of aliphatic hydroxyl groups excluding tert-OH is 1. The van der Waals surface area contributed by atoms with Crippen LogP contribution in [0.3, 0.4) is 0 Å². The van der Waals surface area contributed by atoms with Gasteiger partial charge in [-0.05, 0) is 25.7 Å². The normalized spacial score (nSPS) is 17.1. The van der Waals surface area contributed by atoms with E-state index in [9.17, 15) is 23.9 Å². The van der Waals surface area contributed by atoms with E-state index in [4.69, 9.17) is 5.73 Å². The zero-order valence-corrected chi connectivity index (χ0v) is 18.3. The Hall–Kier alpha value is -1.54. The Labute approximate surface area is 169 Å². The fourth-order valence-corrected chi connectivity index (χ4v) is 2.88. The molecule has 7 nitrogen and oxygen atoms in total. The van der Waals surface area contributed by atoms with Crippen LogP contribution < -0.4 is 16.4 Å². The number of aliphatic hydroxyl groups is 1. The lowest BCUT2D eigenvalue weighted by Gasteiger charge is -2.25. The van der Waals surface area contributed by atoms with Crippen LogP contribution in [0, 0.1) is 11.8 Å². The number of rotatable bonds is 7. The molecule has 8 heteroatoms. The van der Waals surface area contributed by atoms with Crippen LogP contribution in [0.5, 0.6) is 0 Å². The lowest BCUT2D eigenvalue weighted by atomic mass is 9.91. The van der Waals surface area contributed by atoms with Gasteiger partial charge >= 0.3 is 0 Å². The molecule has 0 aromatic rings. The molecule has 0 bridgehead atoms. The third-order valence-corrected chi connectivity index (χ3v) is 4.56. The van der Waals surface area contributed by atoms with Crippen LogP contribution in [0.1, 0.15) is 66.7 Å². The molecule has 1 fully saturated rings. The fourth-order valence-electron chi connectivity index (χ4n) is 2.88. The molecule has 1 aliphatic carbocycles. The van der Waals surface area contributed by atoms with Gasteiger partial charge in [0.15, 0.2) is 5.78 Å². The van der Waals surface area contributed by atoms with Crippen molar-refractivity contribution in [3.63, 3.8) is 0 Å².